The van der Waals surface area contributed by atoms with Gasteiger partial charge in [-0.25, -0.2) is 0 Å². The van der Waals surface area contributed by atoms with Crippen molar-refractivity contribution in [3.05, 3.63) is 42.6 Å². The Kier molecular flexibility index (Phi) is 5.83. The van der Waals surface area contributed by atoms with Gasteiger partial charge in [-0.3, -0.25) is 9.55 Å². The van der Waals surface area contributed by atoms with Gasteiger partial charge in [-0.05, 0) is 12.1 Å². The molecule has 2 aromatic rings. The fourth-order valence-electron chi connectivity index (χ4n) is 2.17. The van der Waals surface area contributed by atoms with E-state index in [-0.39, 0.29) is 0 Å². The fraction of sp³-hybridized carbons (Fsp3) is 0.357. The molecule has 4 atom stereocenters. The summed E-state index contributed by atoms with van der Waals surface area (Å²) in [5.74, 6) is -1.75. The highest BCUT2D eigenvalue weighted by molar-refractivity contribution is 7.52. The molecule has 23 heavy (non-hydrogen) atoms. The zero-order valence-electron chi connectivity index (χ0n) is 12.0. The van der Waals surface area contributed by atoms with Crippen molar-refractivity contribution in [2.24, 2.45) is 0 Å². The molecule has 1 unspecified atom stereocenters. The lowest BCUT2D eigenvalue weighted by Crippen LogP contribution is -2.33. The molecule has 1 fully saturated rings. The van der Waals surface area contributed by atoms with E-state index in [1.54, 1.807) is 0 Å². The van der Waals surface area contributed by atoms with Crippen molar-refractivity contribution < 1.29 is 34.4 Å². The van der Waals surface area contributed by atoms with Crippen LogP contribution in [0, 0.1) is 0 Å². The SMILES string of the molecule is O=P(O)(O)C1O[C@H](CO)[C@@H](O)[C@H]1O.c1ccc2ncccc2c1. The molecule has 0 bridgehead atoms. The number of aliphatic hydroxyl groups is 3. The maximum absolute atomic E-state index is 10.7. The van der Waals surface area contributed by atoms with Crippen LogP contribution in [0.4, 0.5) is 0 Å². The largest absolute Gasteiger partial charge is 0.394 e. The van der Waals surface area contributed by atoms with E-state index in [4.69, 9.17) is 25.1 Å². The Balaban J connectivity index is 0.000000172. The summed E-state index contributed by atoms with van der Waals surface area (Å²) >= 11 is 0. The molecule has 8 nitrogen and oxygen atoms in total. The van der Waals surface area contributed by atoms with Crippen molar-refractivity contribution >= 4 is 18.5 Å². The van der Waals surface area contributed by atoms with Crippen molar-refractivity contribution in [2.75, 3.05) is 6.61 Å². The van der Waals surface area contributed by atoms with E-state index in [9.17, 15) is 4.57 Å². The van der Waals surface area contributed by atoms with Crippen molar-refractivity contribution in [1.82, 2.24) is 4.98 Å². The summed E-state index contributed by atoms with van der Waals surface area (Å²) < 4.78 is 15.3. The predicted molar refractivity (Wildman–Crippen MR) is 81.5 cm³/mol. The Hall–Kier alpha value is -1.38. The highest BCUT2D eigenvalue weighted by Gasteiger charge is 2.50. The van der Waals surface area contributed by atoms with E-state index in [0.29, 0.717) is 0 Å². The summed E-state index contributed by atoms with van der Waals surface area (Å²) in [5, 5.41) is 28.0. The van der Waals surface area contributed by atoms with E-state index in [0.717, 1.165) is 5.52 Å². The Bertz CT molecular complexity index is 626. The first-order chi connectivity index (χ1) is 10.8. The second kappa shape index (κ2) is 7.46. The average Bonchev–Trinajstić information content (AvgIpc) is 2.83. The molecular weight excluding hydrogens is 325 g/mol. The van der Waals surface area contributed by atoms with E-state index >= 15 is 0 Å². The topological polar surface area (TPSA) is 140 Å². The van der Waals surface area contributed by atoms with Gasteiger partial charge >= 0.3 is 7.60 Å². The van der Waals surface area contributed by atoms with Gasteiger partial charge < -0.3 is 29.8 Å². The van der Waals surface area contributed by atoms with E-state index in [1.165, 1.54) is 5.39 Å². The second-order valence-electron chi connectivity index (χ2n) is 5.01. The van der Waals surface area contributed by atoms with Crippen molar-refractivity contribution in [1.29, 1.82) is 0 Å². The molecular formula is C14H18NO7P. The summed E-state index contributed by atoms with van der Waals surface area (Å²) in [4.78, 5) is 21.5. The van der Waals surface area contributed by atoms with Crippen LogP contribution in [0.5, 0.6) is 0 Å². The third kappa shape index (κ3) is 4.33. The summed E-state index contributed by atoms with van der Waals surface area (Å²) in [6, 6.07) is 12.1. The molecule has 0 spiro atoms. The minimum absolute atomic E-state index is 0.602. The number of benzene rings is 1. The molecule has 1 saturated heterocycles. The van der Waals surface area contributed by atoms with Gasteiger partial charge in [0.15, 0.2) is 5.85 Å². The maximum atomic E-state index is 10.7. The van der Waals surface area contributed by atoms with E-state index in [2.05, 4.69) is 21.9 Å². The standard InChI is InChI=1S/C9H7N.C5H11O7P/c1-2-6-9-8(4-1)5-3-7-10-9;6-1-2-3(7)4(8)5(12-2)13(9,10)11/h1-7H;2-8H,1H2,(H2,9,10,11)/t;2-,3-,4-,5?/m.1/s1. The molecule has 5 N–H and O–H groups in total. The average molecular weight is 343 g/mol. The normalized spacial score (nSPS) is 27.5. The summed E-state index contributed by atoms with van der Waals surface area (Å²) in [6.45, 7) is -0.602. The maximum Gasteiger partial charge on any atom is 0.356 e. The lowest BCUT2D eigenvalue weighted by molar-refractivity contribution is -0.0110. The number of hydrogen-bond donors (Lipinski definition) is 5. The highest BCUT2D eigenvalue weighted by atomic mass is 31.2. The van der Waals surface area contributed by atoms with Gasteiger partial charge in [0.05, 0.1) is 12.1 Å². The van der Waals surface area contributed by atoms with Gasteiger partial charge in [-0.2, -0.15) is 0 Å². The number of para-hydroxylation sites is 1. The number of fused-ring (bicyclic) bond motifs is 1. The summed E-state index contributed by atoms with van der Waals surface area (Å²) in [6.07, 6.45) is -2.48. The van der Waals surface area contributed by atoms with Crippen LogP contribution in [-0.2, 0) is 9.30 Å². The first-order valence-corrected chi connectivity index (χ1v) is 8.50. The molecule has 2 heterocycles. The minimum atomic E-state index is -4.60. The molecule has 1 aliphatic heterocycles. The molecule has 0 amide bonds. The van der Waals surface area contributed by atoms with Crippen molar-refractivity contribution in [3.63, 3.8) is 0 Å². The van der Waals surface area contributed by atoms with Gasteiger partial charge in [0, 0.05) is 11.6 Å². The zero-order valence-corrected chi connectivity index (χ0v) is 12.9. The summed E-state index contributed by atoms with van der Waals surface area (Å²) in [7, 11) is -4.60. The molecule has 0 radical (unpaired) electrons. The minimum Gasteiger partial charge on any atom is -0.394 e. The number of ether oxygens (including phenoxy) is 1. The first-order valence-electron chi connectivity index (χ1n) is 6.82. The van der Waals surface area contributed by atoms with Gasteiger partial charge in [-0.15, -0.1) is 0 Å². The highest BCUT2D eigenvalue weighted by Crippen LogP contribution is 2.47. The van der Waals surface area contributed by atoms with Crippen LogP contribution in [0.15, 0.2) is 42.6 Å². The molecule has 0 saturated carbocycles. The Morgan fingerprint density at radius 3 is 2.26 bits per heavy atom. The molecule has 9 heteroatoms. The lowest BCUT2D eigenvalue weighted by atomic mass is 10.2. The van der Waals surface area contributed by atoms with Crippen LogP contribution >= 0.6 is 7.60 Å². The first kappa shape index (κ1) is 18.0. The van der Waals surface area contributed by atoms with Crippen LogP contribution in [0.2, 0.25) is 0 Å². The van der Waals surface area contributed by atoms with Crippen LogP contribution < -0.4 is 0 Å². The number of aliphatic hydroxyl groups excluding tert-OH is 3. The fourth-order valence-corrected chi connectivity index (χ4v) is 3.06. The smallest absolute Gasteiger partial charge is 0.356 e. The molecule has 0 aliphatic carbocycles. The molecule has 1 aliphatic rings. The monoisotopic (exact) mass is 343 g/mol. The number of hydrogen-bond acceptors (Lipinski definition) is 6. The third-order valence-corrected chi connectivity index (χ3v) is 4.45. The van der Waals surface area contributed by atoms with Crippen molar-refractivity contribution in [3.8, 4) is 0 Å². The van der Waals surface area contributed by atoms with Gasteiger partial charge in [0.1, 0.15) is 18.3 Å². The van der Waals surface area contributed by atoms with Gasteiger partial charge in [-0.1, -0.05) is 24.3 Å². The Labute approximate surface area is 132 Å². The molecule has 1 aromatic heterocycles. The number of pyridine rings is 1. The van der Waals surface area contributed by atoms with Gasteiger partial charge in [0.25, 0.3) is 0 Å². The number of aromatic nitrogens is 1. The van der Waals surface area contributed by atoms with Crippen molar-refractivity contribution in [2.45, 2.75) is 24.2 Å². The number of rotatable bonds is 2. The molecule has 3 rings (SSSR count). The van der Waals surface area contributed by atoms with Crippen LogP contribution in [0.1, 0.15) is 0 Å². The lowest BCUT2D eigenvalue weighted by Gasteiger charge is -2.15. The van der Waals surface area contributed by atoms with Crippen LogP contribution in [-0.4, -0.2) is 60.9 Å². The number of nitrogens with zero attached hydrogens (tertiary/aromatic N) is 1. The van der Waals surface area contributed by atoms with Gasteiger partial charge in [0.2, 0.25) is 0 Å². The predicted octanol–water partition coefficient (Wildman–Crippen LogP) is -0.162. The van der Waals surface area contributed by atoms with Crippen LogP contribution in [0.3, 0.4) is 0 Å². The molecule has 1 aromatic carbocycles. The zero-order chi connectivity index (χ0) is 17.0. The molecule has 126 valence electrons. The quantitative estimate of drug-likeness (QED) is 0.474. The second-order valence-corrected chi connectivity index (χ2v) is 6.70. The Morgan fingerprint density at radius 2 is 1.74 bits per heavy atom. The van der Waals surface area contributed by atoms with Crippen LogP contribution in [0.25, 0.3) is 10.9 Å². The van der Waals surface area contributed by atoms with E-state index < -0.39 is 38.4 Å². The Morgan fingerprint density at radius 1 is 1.09 bits per heavy atom. The van der Waals surface area contributed by atoms with E-state index in [1.807, 2.05) is 30.5 Å². The third-order valence-electron chi connectivity index (χ3n) is 3.36. The summed E-state index contributed by atoms with van der Waals surface area (Å²) in [5.41, 5.74) is 1.06.